The van der Waals surface area contributed by atoms with Gasteiger partial charge in [-0.2, -0.15) is 0 Å². The zero-order valence-corrected chi connectivity index (χ0v) is 35.3. The molecule has 2 fully saturated rings. The Labute approximate surface area is 360 Å². The number of carbonyl (C=O) groups excluding carboxylic acids is 3. The predicted molar refractivity (Wildman–Crippen MR) is 219 cm³/mol. The lowest BCUT2D eigenvalue weighted by atomic mass is 9.98. The van der Waals surface area contributed by atoms with Crippen molar-refractivity contribution >= 4 is 35.7 Å². The van der Waals surface area contributed by atoms with Crippen LogP contribution in [0.4, 0.5) is 4.79 Å². The molecule has 0 spiro atoms. The van der Waals surface area contributed by atoms with Gasteiger partial charge in [0, 0.05) is 38.3 Å². The smallest absolute Gasteiger partial charge is 0.330 e. The quantitative estimate of drug-likeness (QED) is 0.0483. The number of nitrogens with one attached hydrogen (secondary N) is 7. The Kier molecular flexibility index (Phi) is 18.4. The third-order valence-corrected chi connectivity index (χ3v) is 10.7. The maximum atomic E-state index is 13.8. The van der Waals surface area contributed by atoms with E-state index in [4.69, 9.17) is 25.7 Å². The normalized spacial score (nSPS) is 27.0. The maximum Gasteiger partial charge on any atom is 0.330 e. The van der Waals surface area contributed by atoms with Crippen LogP contribution in [0.1, 0.15) is 59.6 Å². The first-order valence-corrected chi connectivity index (χ1v) is 20.6. The number of aliphatic hydroxyl groups is 3. The molecule has 3 aliphatic heterocycles. The molecule has 3 aliphatic rings. The Bertz CT molecular complexity index is 1900. The van der Waals surface area contributed by atoms with Gasteiger partial charge >= 0.3 is 23.7 Å². The van der Waals surface area contributed by atoms with E-state index in [1.807, 2.05) is 18.8 Å². The highest BCUT2D eigenvalue weighted by Crippen LogP contribution is 2.34. The summed E-state index contributed by atoms with van der Waals surface area (Å²) in [5.41, 5.74) is 9.82. The molecule has 1 aromatic rings. The highest BCUT2D eigenvalue weighted by atomic mass is 16.7. The van der Waals surface area contributed by atoms with Crippen molar-refractivity contribution in [2.75, 3.05) is 26.2 Å². The molecular formula is C37H61N11O15. The summed E-state index contributed by atoms with van der Waals surface area (Å²) in [5.74, 6) is -4.71. The van der Waals surface area contributed by atoms with Gasteiger partial charge in [0.2, 0.25) is 11.8 Å². The van der Waals surface area contributed by atoms with E-state index in [-0.39, 0.29) is 63.7 Å². The highest BCUT2D eigenvalue weighted by Gasteiger charge is 2.52. The minimum Gasteiger partial charge on any atom is -0.480 e. The number of carbonyl (C=O) groups is 5. The molecule has 26 heteroatoms. The average Bonchev–Trinajstić information content (AvgIpc) is 3.71. The minimum atomic E-state index is -1.84. The second kappa shape index (κ2) is 22.9. The van der Waals surface area contributed by atoms with Gasteiger partial charge in [-0.05, 0) is 37.6 Å². The van der Waals surface area contributed by atoms with Gasteiger partial charge in [0.15, 0.2) is 18.5 Å². The minimum absolute atomic E-state index is 0.0206. The number of guanidine groups is 1. The van der Waals surface area contributed by atoms with Crippen LogP contribution in [0.25, 0.3) is 0 Å². The lowest BCUT2D eigenvalue weighted by molar-refractivity contribution is -0.210. The summed E-state index contributed by atoms with van der Waals surface area (Å²) in [4.78, 5) is 95.2. The molecule has 1 aromatic heterocycles. The summed E-state index contributed by atoms with van der Waals surface area (Å²) in [7, 11) is 0. The van der Waals surface area contributed by atoms with Crippen molar-refractivity contribution in [3.05, 3.63) is 33.1 Å². The number of ether oxygens (including phenoxy) is 3. The van der Waals surface area contributed by atoms with Crippen molar-refractivity contribution in [1.29, 1.82) is 0 Å². The molecule has 354 valence electrons. The number of hydrogen-bond donors (Lipinski definition) is 14. The van der Waals surface area contributed by atoms with Gasteiger partial charge in [-0.1, -0.05) is 27.7 Å². The highest BCUT2D eigenvalue weighted by molar-refractivity contribution is 5.93. The van der Waals surface area contributed by atoms with Gasteiger partial charge in [-0.3, -0.25) is 33.7 Å². The fraction of sp³-hybridized carbons (Fsp3) is 0.730. The third-order valence-electron chi connectivity index (χ3n) is 10.7. The van der Waals surface area contributed by atoms with Crippen LogP contribution in [0.3, 0.4) is 0 Å². The SMILES string of the molecule is CC(C)CC(NC(=O)C(NC(=O)NC(C(=O)O)C(C)C)C1CCN=C(N)N1)C(=O)NCCCNC(C(=O)O)C(OC1CC(O)C(CN)O1)C1OC(n2ccc(=O)[nH]c2=O)C(O)C1O. The molecule has 26 nitrogen and oxygen atoms in total. The summed E-state index contributed by atoms with van der Waals surface area (Å²) in [6.45, 7) is 6.82. The number of hydrogen-bond acceptors (Lipinski definition) is 18. The second-order valence-electron chi connectivity index (χ2n) is 16.3. The monoisotopic (exact) mass is 899 g/mol. The molecule has 2 saturated heterocycles. The van der Waals surface area contributed by atoms with Crippen molar-refractivity contribution in [3.63, 3.8) is 0 Å². The number of rotatable bonds is 22. The van der Waals surface area contributed by atoms with Crippen LogP contribution in [0.2, 0.25) is 0 Å². The first kappa shape index (κ1) is 50.4. The van der Waals surface area contributed by atoms with E-state index in [1.54, 1.807) is 13.8 Å². The van der Waals surface area contributed by atoms with Gasteiger partial charge in [-0.15, -0.1) is 0 Å². The molecule has 0 aliphatic carbocycles. The van der Waals surface area contributed by atoms with Crippen molar-refractivity contribution in [2.24, 2.45) is 28.3 Å². The molecule has 0 bridgehead atoms. The van der Waals surface area contributed by atoms with E-state index in [9.17, 15) is 59.1 Å². The van der Waals surface area contributed by atoms with Crippen LogP contribution in [-0.2, 0) is 33.4 Å². The van der Waals surface area contributed by atoms with Crippen molar-refractivity contribution in [2.45, 2.75) is 133 Å². The molecule has 4 amide bonds. The number of aliphatic hydroxyl groups excluding tert-OH is 3. The number of aliphatic carboxylic acids is 2. The Morgan fingerprint density at radius 1 is 0.968 bits per heavy atom. The largest absolute Gasteiger partial charge is 0.480 e. The number of aromatic nitrogens is 2. The topological polar surface area (TPSA) is 406 Å². The molecule has 16 N–H and O–H groups in total. The van der Waals surface area contributed by atoms with E-state index in [1.165, 1.54) is 0 Å². The number of nitrogens with two attached hydrogens (primary N) is 2. The van der Waals surface area contributed by atoms with Crippen LogP contribution < -0.4 is 54.6 Å². The standard InChI is InChI=1S/C37H61N11O15/c1-15(2)12-18(43-31(54)24(17-6-10-42-35(39)44-17)47-36(59)46-23(16(3)4)33(55)56)30(53)41-9-5-8-40-25(34(57)58)28(62-22-13-19(49)20(14-38)61-22)29-26(51)27(52)32(63-29)48-11-7-21(50)45-37(48)60/h7,11,15-20,22-29,32,40,49,51-52H,5-6,8-10,12-14,38H2,1-4H3,(H,41,53)(H,43,54)(H,55,56)(H,57,58)(H3,39,42,44)(H,45,50,60)(H2,46,47,59). The second-order valence-corrected chi connectivity index (χ2v) is 16.3. The van der Waals surface area contributed by atoms with E-state index >= 15 is 0 Å². The van der Waals surface area contributed by atoms with Gasteiger partial charge in [0.1, 0.15) is 48.6 Å². The predicted octanol–water partition coefficient (Wildman–Crippen LogP) is -5.49. The molecule has 0 radical (unpaired) electrons. The molecule has 0 saturated carbocycles. The zero-order chi connectivity index (χ0) is 46.7. The first-order valence-electron chi connectivity index (χ1n) is 20.6. The van der Waals surface area contributed by atoms with Crippen LogP contribution in [0.5, 0.6) is 0 Å². The number of carboxylic acid groups (broad SMARTS) is 2. The average molecular weight is 900 g/mol. The lowest BCUT2D eigenvalue weighted by Gasteiger charge is -2.33. The number of aromatic amines is 1. The number of nitrogens with zero attached hydrogens (tertiary/aromatic N) is 2. The number of amides is 4. The zero-order valence-electron chi connectivity index (χ0n) is 35.3. The molecule has 13 atom stereocenters. The Morgan fingerprint density at radius 3 is 2.25 bits per heavy atom. The number of carboxylic acids is 2. The number of H-pyrrole nitrogens is 1. The fourth-order valence-corrected chi connectivity index (χ4v) is 7.38. The van der Waals surface area contributed by atoms with E-state index < -0.39 is 126 Å². The molecule has 0 aromatic carbocycles. The van der Waals surface area contributed by atoms with Crippen LogP contribution in [0, 0.1) is 11.8 Å². The van der Waals surface area contributed by atoms with Crippen LogP contribution in [0.15, 0.2) is 26.8 Å². The van der Waals surface area contributed by atoms with Gasteiger partial charge in [0.05, 0.1) is 18.2 Å². The Balaban J connectivity index is 1.44. The van der Waals surface area contributed by atoms with Gasteiger partial charge < -0.3 is 83.1 Å². The summed E-state index contributed by atoms with van der Waals surface area (Å²) >= 11 is 0. The third kappa shape index (κ3) is 13.6. The molecule has 13 unspecified atom stereocenters. The van der Waals surface area contributed by atoms with Crippen molar-refractivity contribution in [1.82, 2.24) is 41.5 Å². The summed E-state index contributed by atoms with van der Waals surface area (Å²) in [6, 6.07) is -6.13. The van der Waals surface area contributed by atoms with Crippen LogP contribution >= 0.6 is 0 Å². The van der Waals surface area contributed by atoms with Crippen LogP contribution in [-0.4, -0.2) is 170 Å². The van der Waals surface area contributed by atoms with E-state index in [0.717, 1.165) is 16.8 Å². The van der Waals surface area contributed by atoms with E-state index in [0.29, 0.717) is 0 Å². The molecule has 4 rings (SSSR count). The van der Waals surface area contributed by atoms with Gasteiger partial charge in [0.25, 0.3) is 5.56 Å². The summed E-state index contributed by atoms with van der Waals surface area (Å²) < 4.78 is 18.3. The summed E-state index contributed by atoms with van der Waals surface area (Å²) in [6.07, 6.45) is -10.2. The summed E-state index contributed by atoms with van der Waals surface area (Å²) in [5, 5.41) is 68.3. The number of aliphatic imine (C=N–C) groups is 1. The fourth-order valence-electron chi connectivity index (χ4n) is 7.38. The van der Waals surface area contributed by atoms with Crippen molar-refractivity contribution in [3.8, 4) is 0 Å². The van der Waals surface area contributed by atoms with E-state index in [2.05, 4.69) is 36.9 Å². The van der Waals surface area contributed by atoms with Gasteiger partial charge in [-0.25, -0.2) is 14.4 Å². The molecule has 63 heavy (non-hydrogen) atoms. The maximum absolute atomic E-state index is 13.8. The Morgan fingerprint density at radius 2 is 1.67 bits per heavy atom. The first-order chi connectivity index (χ1) is 29.7. The van der Waals surface area contributed by atoms with Crippen molar-refractivity contribution < 1.29 is 63.7 Å². The molecule has 4 heterocycles. The number of urea groups is 1. The molecular weight excluding hydrogens is 838 g/mol. The lowest BCUT2D eigenvalue weighted by Crippen LogP contribution is -2.64. The Hall–Kier alpha value is -5.22.